The fraction of sp³-hybridized carbons (Fsp3) is 1.00. The molecule has 210 valence electrons. The fourth-order valence-electron chi connectivity index (χ4n) is 6.90. The van der Waals surface area contributed by atoms with Gasteiger partial charge in [-0.15, -0.1) is 0 Å². The van der Waals surface area contributed by atoms with Crippen LogP contribution in [0.25, 0.3) is 0 Å². The third-order valence-electron chi connectivity index (χ3n) is 10.0. The zero-order valence-electron chi connectivity index (χ0n) is 25.5. The molecule has 6 heteroatoms. The van der Waals surface area contributed by atoms with Crippen molar-refractivity contribution in [2.45, 2.75) is 104 Å². The monoisotopic (exact) mass is 504 g/mol. The Morgan fingerprint density at radius 1 is 0.583 bits per heavy atom. The van der Waals surface area contributed by atoms with Gasteiger partial charge < -0.3 is 0 Å². The van der Waals surface area contributed by atoms with Crippen molar-refractivity contribution in [2.24, 2.45) is 5.92 Å². The van der Waals surface area contributed by atoms with Crippen LogP contribution in [0.4, 0.5) is 0 Å². The van der Waals surface area contributed by atoms with Crippen LogP contribution >= 0.6 is 0 Å². The van der Waals surface area contributed by atoms with E-state index in [-0.39, 0.29) is 0 Å². The summed E-state index contributed by atoms with van der Waals surface area (Å²) in [6.07, 6.45) is 2.67. The highest BCUT2D eigenvalue weighted by molar-refractivity contribution is 4.97. The zero-order valence-corrected chi connectivity index (χ0v) is 25.5. The second kappa shape index (κ2) is 11.1. The fourth-order valence-corrected chi connectivity index (χ4v) is 6.90. The molecule has 0 amide bonds. The molecule has 4 fully saturated rings. The molecule has 6 nitrogen and oxygen atoms in total. The van der Waals surface area contributed by atoms with Gasteiger partial charge in [0.25, 0.3) is 0 Å². The molecular formula is C30H60N6. The van der Waals surface area contributed by atoms with Gasteiger partial charge >= 0.3 is 0 Å². The van der Waals surface area contributed by atoms with E-state index in [0.717, 1.165) is 18.0 Å². The van der Waals surface area contributed by atoms with Crippen molar-refractivity contribution in [2.75, 3.05) is 85.1 Å². The second-order valence-electron chi connectivity index (χ2n) is 15.3. The normalized spacial score (nSPS) is 27.2. The van der Waals surface area contributed by atoms with E-state index in [9.17, 15) is 0 Å². The van der Waals surface area contributed by atoms with Gasteiger partial charge in [-0.25, -0.2) is 0 Å². The Balaban J connectivity index is 1.09. The van der Waals surface area contributed by atoms with Crippen molar-refractivity contribution in [3.05, 3.63) is 0 Å². The lowest BCUT2D eigenvalue weighted by Gasteiger charge is -2.54. The number of likely N-dealkylation sites (tertiary alicyclic amines) is 2. The smallest absolute Gasteiger partial charge is 0.0351 e. The lowest BCUT2D eigenvalue weighted by atomic mass is 9.89. The molecule has 0 aliphatic carbocycles. The van der Waals surface area contributed by atoms with E-state index in [1.54, 1.807) is 0 Å². The molecule has 0 spiro atoms. The molecule has 0 saturated carbocycles. The molecule has 1 atom stereocenters. The molecule has 0 radical (unpaired) electrons. The molecule has 4 rings (SSSR count). The minimum atomic E-state index is 0.319. The van der Waals surface area contributed by atoms with Gasteiger partial charge in [-0.3, -0.25) is 29.4 Å². The maximum atomic E-state index is 2.79. The van der Waals surface area contributed by atoms with Gasteiger partial charge in [0.05, 0.1) is 0 Å². The minimum Gasteiger partial charge on any atom is -0.300 e. The largest absolute Gasteiger partial charge is 0.300 e. The Kier molecular flexibility index (Phi) is 8.86. The van der Waals surface area contributed by atoms with E-state index in [1.807, 2.05) is 0 Å². The van der Waals surface area contributed by atoms with Gasteiger partial charge in [0, 0.05) is 114 Å². The van der Waals surface area contributed by atoms with Crippen LogP contribution in [0.5, 0.6) is 0 Å². The van der Waals surface area contributed by atoms with Crippen molar-refractivity contribution >= 4 is 0 Å². The second-order valence-corrected chi connectivity index (χ2v) is 15.3. The highest BCUT2D eigenvalue weighted by atomic mass is 15.4. The van der Waals surface area contributed by atoms with E-state index in [4.69, 9.17) is 0 Å². The minimum absolute atomic E-state index is 0.319. The van der Waals surface area contributed by atoms with Crippen LogP contribution in [0, 0.1) is 5.92 Å². The van der Waals surface area contributed by atoms with Gasteiger partial charge in [0.15, 0.2) is 0 Å². The molecule has 1 unspecified atom stereocenters. The summed E-state index contributed by atoms with van der Waals surface area (Å²) in [6.45, 7) is 37.9. The van der Waals surface area contributed by atoms with Gasteiger partial charge in [0.1, 0.15) is 0 Å². The third kappa shape index (κ3) is 7.04. The number of nitrogens with zero attached hydrogens (tertiary/aromatic N) is 6. The average Bonchev–Trinajstić information content (AvgIpc) is 2.72. The molecule has 0 N–H and O–H groups in total. The van der Waals surface area contributed by atoms with Gasteiger partial charge in [-0.1, -0.05) is 6.92 Å². The first-order chi connectivity index (χ1) is 16.7. The number of rotatable bonds is 8. The molecule has 4 saturated heterocycles. The predicted molar refractivity (Wildman–Crippen MR) is 154 cm³/mol. The Morgan fingerprint density at radius 2 is 1.03 bits per heavy atom. The number of piperazine rings is 2. The summed E-state index contributed by atoms with van der Waals surface area (Å²) in [5.74, 6) is 0.794. The van der Waals surface area contributed by atoms with Crippen molar-refractivity contribution in [1.29, 1.82) is 0 Å². The molecular weight excluding hydrogens is 444 g/mol. The lowest BCUT2D eigenvalue weighted by Crippen LogP contribution is -2.67. The molecule has 0 aromatic rings. The van der Waals surface area contributed by atoms with E-state index < -0.39 is 0 Å². The summed E-state index contributed by atoms with van der Waals surface area (Å²) in [7, 11) is 0. The molecule has 4 aliphatic rings. The van der Waals surface area contributed by atoms with Crippen LogP contribution in [0.3, 0.4) is 0 Å². The highest BCUT2D eigenvalue weighted by Gasteiger charge is 2.40. The van der Waals surface area contributed by atoms with Gasteiger partial charge in [-0.2, -0.15) is 0 Å². The van der Waals surface area contributed by atoms with Crippen LogP contribution < -0.4 is 0 Å². The Bertz CT molecular complexity index is 681. The molecule has 0 bridgehead atoms. The first-order valence-corrected chi connectivity index (χ1v) is 15.2. The van der Waals surface area contributed by atoms with Crippen LogP contribution in [0.1, 0.15) is 75.2 Å². The standard InChI is InChI=1S/C30H60N6/c1-25(20-31-21-26(22-31)32-12-16-34(17-13-32)28(2,3)4)10-11-30(8,9)35-18-14-33(15-19-35)27-23-36(24-27)29(5,6)7/h25-27H,10-24H2,1-9H3. The van der Waals surface area contributed by atoms with Crippen LogP contribution in [-0.4, -0.2) is 143 Å². The third-order valence-corrected chi connectivity index (χ3v) is 10.0. The van der Waals surface area contributed by atoms with E-state index in [1.165, 1.54) is 97.9 Å². The predicted octanol–water partition coefficient (Wildman–Crippen LogP) is 3.38. The Morgan fingerprint density at radius 3 is 1.50 bits per heavy atom. The molecule has 0 aromatic carbocycles. The molecule has 36 heavy (non-hydrogen) atoms. The average molecular weight is 505 g/mol. The van der Waals surface area contributed by atoms with E-state index >= 15 is 0 Å². The summed E-state index contributed by atoms with van der Waals surface area (Å²) in [5, 5.41) is 0. The quantitative estimate of drug-likeness (QED) is 0.501. The van der Waals surface area contributed by atoms with Crippen molar-refractivity contribution < 1.29 is 0 Å². The van der Waals surface area contributed by atoms with Crippen molar-refractivity contribution in [3.63, 3.8) is 0 Å². The van der Waals surface area contributed by atoms with Crippen molar-refractivity contribution in [1.82, 2.24) is 29.4 Å². The summed E-state index contributed by atoms with van der Waals surface area (Å²) >= 11 is 0. The van der Waals surface area contributed by atoms with Crippen LogP contribution in [0.2, 0.25) is 0 Å². The Labute approximate surface area is 224 Å². The highest BCUT2D eigenvalue weighted by Crippen LogP contribution is 2.29. The van der Waals surface area contributed by atoms with Gasteiger partial charge in [-0.05, 0) is 74.1 Å². The zero-order chi connectivity index (χ0) is 26.3. The topological polar surface area (TPSA) is 19.4 Å². The lowest BCUT2D eigenvalue weighted by molar-refractivity contribution is -0.0504. The molecule has 4 aliphatic heterocycles. The molecule has 0 aromatic heterocycles. The van der Waals surface area contributed by atoms with E-state index in [2.05, 4.69) is 91.7 Å². The SMILES string of the molecule is CC(CCC(C)(C)N1CCN(C2CN(C(C)(C)C)C2)CC1)CN1CC(N2CCN(C(C)(C)C)CC2)C1. The first-order valence-electron chi connectivity index (χ1n) is 15.2. The number of hydrogen-bond donors (Lipinski definition) is 0. The summed E-state index contributed by atoms with van der Waals surface area (Å²) in [4.78, 5) is 16.3. The Hall–Kier alpha value is -0.240. The number of hydrogen-bond acceptors (Lipinski definition) is 6. The van der Waals surface area contributed by atoms with Gasteiger partial charge in [0.2, 0.25) is 0 Å². The molecule has 4 heterocycles. The summed E-state index contributed by atoms with van der Waals surface area (Å²) in [5.41, 5.74) is 0.969. The van der Waals surface area contributed by atoms with E-state index in [0.29, 0.717) is 16.6 Å². The first kappa shape index (κ1) is 28.8. The van der Waals surface area contributed by atoms with Crippen molar-refractivity contribution in [3.8, 4) is 0 Å². The van der Waals surface area contributed by atoms with Crippen LogP contribution in [0.15, 0.2) is 0 Å². The summed E-state index contributed by atoms with van der Waals surface area (Å²) < 4.78 is 0. The van der Waals surface area contributed by atoms with Crippen LogP contribution in [-0.2, 0) is 0 Å². The maximum Gasteiger partial charge on any atom is 0.0351 e. The maximum absolute atomic E-state index is 2.79. The summed E-state index contributed by atoms with van der Waals surface area (Å²) in [6, 6.07) is 1.59.